The molecule has 9 heteroatoms. The van der Waals surface area contributed by atoms with E-state index >= 15 is 0 Å². The number of ether oxygens (including phenoxy) is 2. The number of hydrogen-bond acceptors (Lipinski definition) is 7. The Balaban J connectivity index is 1.31. The standard InChI is InChI=1S/C24H21N5O3S/c30-22(26-19-6-7-20-21(14-19)32-13-12-31-20)16-33-24-28-27-23(18-8-10-25-11-9-18)29(24)15-17-4-2-1-3-5-17/h1-11,14H,12-13,15-16H2,(H,26,30). The molecule has 8 nitrogen and oxygen atoms in total. The van der Waals surface area contributed by atoms with E-state index in [0.29, 0.717) is 42.1 Å². The molecule has 4 aromatic rings. The maximum absolute atomic E-state index is 12.6. The number of nitrogens with one attached hydrogen (secondary N) is 1. The van der Waals surface area contributed by atoms with E-state index in [4.69, 9.17) is 9.47 Å². The summed E-state index contributed by atoms with van der Waals surface area (Å²) in [6.45, 7) is 1.62. The molecular weight excluding hydrogens is 438 g/mol. The molecule has 0 saturated heterocycles. The first-order valence-corrected chi connectivity index (χ1v) is 11.4. The summed E-state index contributed by atoms with van der Waals surface area (Å²) in [5.74, 6) is 2.10. The van der Waals surface area contributed by atoms with E-state index in [9.17, 15) is 4.79 Å². The van der Waals surface area contributed by atoms with Gasteiger partial charge in [-0.1, -0.05) is 42.1 Å². The summed E-state index contributed by atoms with van der Waals surface area (Å²) < 4.78 is 13.1. The second kappa shape index (κ2) is 9.74. The predicted octanol–water partition coefficient (Wildman–Crippen LogP) is 3.89. The minimum absolute atomic E-state index is 0.142. The molecule has 0 aliphatic carbocycles. The van der Waals surface area contributed by atoms with Crippen molar-refractivity contribution in [1.82, 2.24) is 19.7 Å². The van der Waals surface area contributed by atoms with Crippen molar-refractivity contribution in [1.29, 1.82) is 0 Å². The van der Waals surface area contributed by atoms with Crippen molar-refractivity contribution in [3.05, 3.63) is 78.6 Å². The third kappa shape index (κ3) is 4.98. The molecule has 1 aliphatic rings. The highest BCUT2D eigenvalue weighted by atomic mass is 32.2. The molecule has 1 amide bonds. The van der Waals surface area contributed by atoms with Gasteiger partial charge in [0.05, 0.1) is 12.3 Å². The van der Waals surface area contributed by atoms with Gasteiger partial charge in [0.15, 0.2) is 22.5 Å². The first-order chi connectivity index (χ1) is 16.3. The molecule has 1 N–H and O–H groups in total. The van der Waals surface area contributed by atoms with Crippen LogP contribution >= 0.6 is 11.8 Å². The third-order valence-corrected chi connectivity index (χ3v) is 5.96. The van der Waals surface area contributed by atoms with Gasteiger partial charge in [0.25, 0.3) is 0 Å². The van der Waals surface area contributed by atoms with Crippen LogP contribution in [-0.2, 0) is 11.3 Å². The topological polar surface area (TPSA) is 91.2 Å². The van der Waals surface area contributed by atoms with Crippen molar-refractivity contribution < 1.29 is 14.3 Å². The summed E-state index contributed by atoms with van der Waals surface area (Å²) in [7, 11) is 0. The van der Waals surface area contributed by atoms with Gasteiger partial charge < -0.3 is 14.8 Å². The number of thioether (sulfide) groups is 1. The fourth-order valence-corrected chi connectivity index (χ4v) is 4.20. The Morgan fingerprint density at radius 3 is 2.58 bits per heavy atom. The molecule has 2 aromatic heterocycles. The van der Waals surface area contributed by atoms with Gasteiger partial charge in [0, 0.05) is 29.7 Å². The normalized spacial score (nSPS) is 12.4. The largest absolute Gasteiger partial charge is 0.486 e. The number of nitrogens with zero attached hydrogens (tertiary/aromatic N) is 4. The Morgan fingerprint density at radius 1 is 0.970 bits per heavy atom. The van der Waals surface area contributed by atoms with Crippen LogP contribution in [0, 0.1) is 0 Å². The Labute approximate surface area is 195 Å². The zero-order valence-electron chi connectivity index (χ0n) is 17.7. The molecule has 0 saturated carbocycles. The van der Waals surface area contributed by atoms with Crippen LogP contribution in [-0.4, -0.2) is 44.6 Å². The number of amides is 1. The van der Waals surface area contributed by atoms with Crippen molar-refractivity contribution in [3.8, 4) is 22.9 Å². The van der Waals surface area contributed by atoms with E-state index in [-0.39, 0.29) is 11.7 Å². The number of carbonyl (C=O) groups excluding carboxylic acids is 1. The maximum atomic E-state index is 12.6. The van der Waals surface area contributed by atoms with E-state index < -0.39 is 0 Å². The number of hydrogen-bond donors (Lipinski definition) is 1. The van der Waals surface area contributed by atoms with Gasteiger partial charge in [-0.3, -0.25) is 14.3 Å². The Kier molecular flexibility index (Phi) is 6.21. The maximum Gasteiger partial charge on any atom is 0.234 e. The molecule has 0 fully saturated rings. The number of anilines is 1. The van der Waals surface area contributed by atoms with Crippen LogP contribution in [0.25, 0.3) is 11.4 Å². The lowest BCUT2D eigenvalue weighted by atomic mass is 10.2. The lowest BCUT2D eigenvalue weighted by Crippen LogP contribution is -2.17. The molecule has 33 heavy (non-hydrogen) atoms. The molecule has 0 atom stereocenters. The predicted molar refractivity (Wildman–Crippen MR) is 126 cm³/mol. The first kappa shape index (κ1) is 21.0. The molecule has 0 bridgehead atoms. The van der Waals surface area contributed by atoms with Gasteiger partial charge in [-0.05, 0) is 29.8 Å². The fourth-order valence-electron chi connectivity index (χ4n) is 3.47. The Bertz CT molecular complexity index is 1250. The molecule has 0 unspecified atom stereocenters. The molecular formula is C24H21N5O3S. The number of benzene rings is 2. The van der Waals surface area contributed by atoms with Gasteiger partial charge in [-0.15, -0.1) is 10.2 Å². The molecule has 2 aromatic carbocycles. The summed E-state index contributed by atoms with van der Waals surface area (Å²) in [6.07, 6.45) is 3.45. The van der Waals surface area contributed by atoms with E-state index in [1.54, 1.807) is 30.6 Å². The summed E-state index contributed by atoms with van der Waals surface area (Å²) in [5.41, 5.74) is 2.70. The summed E-state index contributed by atoms with van der Waals surface area (Å²) in [5, 5.41) is 12.3. The second-order valence-corrected chi connectivity index (χ2v) is 8.25. The highest BCUT2D eigenvalue weighted by molar-refractivity contribution is 7.99. The van der Waals surface area contributed by atoms with E-state index in [0.717, 1.165) is 17.0 Å². The summed E-state index contributed by atoms with van der Waals surface area (Å²) in [6, 6.07) is 19.3. The van der Waals surface area contributed by atoms with E-state index in [1.165, 1.54) is 11.8 Å². The Morgan fingerprint density at radius 2 is 1.76 bits per heavy atom. The van der Waals surface area contributed by atoms with Crippen molar-refractivity contribution in [2.24, 2.45) is 0 Å². The van der Waals surface area contributed by atoms with Crippen molar-refractivity contribution in [2.75, 3.05) is 24.3 Å². The smallest absolute Gasteiger partial charge is 0.234 e. The minimum atomic E-state index is -0.142. The zero-order valence-corrected chi connectivity index (χ0v) is 18.5. The average molecular weight is 460 g/mol. The van der Waals surface area contributed by atoms with Gasteiger partial charge in [-0.2, -0.15) is 0 Å². The average Bonchev–Trinajstić information content (AvgIpc) is 3.26. The number of carbonyl (C=O) groups is 1. The fraction of sp³-hybridized carbons (Fsp3) is 0.167. The molecule has 166 valence electrons. The number of rotatable bonds is 7. The quantitative estimate of drug-likeness (QED) is 0.419. The van der Waals surface area contributed by atoms with Crippen molar-refractivity contribution >= 4 is 23.4 Å². The van der Waals surface area contributed by atoms with Crippen LogP contribution in [0.5, 0.6) is 11.5 Å². The lowest BCUT2D eigenvalue weighted by molar-refractivity contribution is -0.113. The van der Waals surface area contributed by atoms with Gasteiger partial charge in [-0.25, -0.2) is 0 Å². The zero-order chi connectivity index (χ0) is 22.5. The summed E-state index contributed by atoms with van der Waals surface area (Å²) in [4.78, 5) is 16.7. The highest BCUT2D eigenvalue weighted by Crippen LogP contribution is 2.32. The molecule has 0 spiro atoms. The highest BCUT2D eigenvalue weighted by Gasteiger charge is 2.17. The molecule has 0 radical (unpaired) electrons. The molecule has 1 aliphatic heterocycles. The van der Waals surface area contributed by atoms with E-state index in [1.807, 2.05) is 34.9 Å². The van der Waals surface area contributed by atoms with Crippen molar-refractivity contribution in [2.45, 2.75) is 11.7 Å². The van der Waals surface area contributed by atoms with Crippen LogP contribution in [0.3, 0.4) is 0 Å². The summed E-state index contributed by atoms with van der Waals surface area (Å²) >= 11 is 1.34. The van der Waals surface area contributed by atoms with Crippen LogP contribution in [0.15, 0.2) is 78.2 Å². The van der Waals surface area contributed by atoms with Crippen LogP contribution in [0.4, 0.5) is 5.69 Å². The lowest BCUT2D eigenvalue weighted by Gasteiger charge is -2.19. The SMILES string of the molecule is O=C(CSc1nnc(-c2ccncc2)n1Cc1ccccc1)Nc1ccc2c(c1)OCCO2. The number of fused-ring (bicyclic) bond motifs is 1. The first-order valence-electron chi connectivity index (χ1n) is 10.5. The number of pyridine rings is 1. The van der Waals surface area contributed by atoms with Gasteiger partial charge in [0.2, 0.25) is 5.91 Å². The molecule has 5 rings (SSSR count). The van der Waals surface area contributed by atoms with Crippen LogP contribution in [0.2, 0.25) is 0 Å². The monoisotopic (exact) mass is 459 g/mol. The Hall–Kier alpha value is -3.85. The van der Waals surface area contributed by atoms with Crippen molar-refractivity contribution in [3.63, 3.8) is 0 Å². The molecule has 3 heterocycles. The van der Waals surface area contributed by atoms with Gasteiger partial charge >= 0.3 is 0 Å². The van der Waals surface area contributed by atoms with Crippen LogP contribution < -0.4 is 14.8 Å². The van der Waals surface area contributed by atoms with Crippen LogP contribution in [0.1, 0.15) is 5.56 Å². The minimum Gasteiger partial charge on any atom is -0.486 e. The second-order valence-electron chi connectivity index (χ2n) is 7.31. The third-order valence-electron chi connectivity index (χ3n) is 5.00. The van der Waals surface area contributed by atoms with E-state index in [2.05, 4.69) is 32.6 Å². The van der Waals surface area contributed by atoms with Gasteiger partial charge in [0.1, 0.15) is 13.2 Å². The number of aromatic nitrogens is 4.